The Morgan fingerprint density at radius 3 is 2.14 bits per heavy atom. The summed E-state index contributed by atoms with van der Waals surface area (Å²) in [7, 11) is 0. The predicted molar refractivity (Wildman–Crippen MR) is 146 cm³/mol. The molecule has 1 amide bonds. The van der Waals surface area contributed by atoms with Crippen molar-refractivity contribution >= 4 is 35.2 Å². The highest BCUT2D eigenvalue weighted by molar-refractivity contribution is 7.98. The highest BCUT2D eigenvalue weighted by Gasteiger charge is 2.44. The van der Waals surface area contributed by atoms with E-state index in [4.69, 9.17) is 21.1 Å². The second kappa shape index (κ2) is 11.6. The summed E-state index contributed by atoms with van der Waals surface area (Å²) in [5.74, 6) is 1.36. The highest BCUT2D eigenvalue weighted by atomic mass is 35.5. The molecule has 0 spiro atoms. The standard InChI is InChI=1S/C30H30ClNO4S/c1-2-35-30(34)22-7-13-26(14-8-22)36-27-17-24-11-12-25(18-27)32(24)29(33)21-5-3-20(4-6-21)19-37-28-15-9-23(31)10-16-28/h3-10,13-16,24-25,27H,2,11-12,17-19H2,1H3/t24-,25+,27?. The van der Waals surface area contributed by atoms with E-state index >= 15 is 0 Å². The third-order valence-electron chi connectivity index (χ3n) is 7.01. The Bertz CT molecular complexity index is 1220. The van der Waals surface area contributed by atoms with E-state index in [1.54, 1.807) is 30.8 Å². The molecule has 37 heavy (non-hydrogen) atoms. The monoisotopic (exact) mass is 535 g/mol. The van der Waals surface area contributed by atoms with Crippen LogP contribution in [0, 0.1) is 0 Å². The summed E-state index contributed by atoms with van der Waals surface area (Å²) in [5.41, 5.74) is 2.44. The molecule has 0 N–H and O–H groups in total. The third kappa shape index (κ3) is 6.13. The van der Waals surface area contributed by atoms with Crippen LogP contribution in [0.2, 0.25) is 5.02 Å². The average molecular weight is 536 g/mol. The summed E-state index contributed by atoms with van der Waals surface area (Å²) in [4.78, 5) is 28.6. The van der Waals surface area contributed by atoms with Crippen molar-refractivity contribution < 1.29 is 19.1 Å². The molecule has 3 aromatic rings. The summed E-state index contributed by atoms with van der Waals surface area (Å²) in [6.45, 7) is 2.14. The van der Waals surface area contributed by atoms with Crippen molar-refractivity contribution in [1.82, 2.24) is 4.90 Å². The number of benzene rings is 3. The molecule has 1 unspecified atom stereocenters. The lowest BCUT2D eigenvalue weighted by Gasteiger charge is -2.39. The summed E-state index contributed by atoms with van der Waals surface area (Å²) in [5, 5.41) is 0.737. The predicted octanol–water partition coefficient (Wildman–Crippen LogP) is 7.02. The van der Waals surface area contributed by atoms with Crippen LogP contribution in [-0.4, -0.2) is 41.6 Å². The van der Waals surface area contributed by atoms with Gasteiger partial charge in [0, 0.05) is 46.2 Å². The van der Waals surface area contributed by atoms with Gasteiger partial charge in [0.15, 0.2) is 0 Å². The van der Waals surface area contributed by atoms with Crippen molar-refractivity contribution in [1.29, 1.82) is 0 Å². The summed E-state index contributed by atoms with van der Waals surface area (Å²) in [6, 6.07) is 23.3. The van der Waals surface area contributed by atoms with Crippen LogP contribution in [0.4, 0.5) is 0 Å². The topological polar surface area (TPSA) is 55.8 Å². The largest absolute Gasteiger partial charge is 0.490 e. The quantitative estimate of drug-likeness (QED) is 0.229. The molecular formula is C30H30ClNO4S. The van der Waals surface area contributed by atoms with Crippen molar-refractivity contribution in [3.63, 3.8) is 0 Å². The van der Waals surface area contributed by atoms with E-state index < -0.39 is 0 Å². The number of amides is 1. The zero-order valence-electron chi connectivity index (χ0n) is 20.8. The summed E-state index contributed by atoms with van der Waals surface area (Å²) >= 11 is 7.72. The second-order valence-electron chi connectivity index (χ2n) is 9.49. The molecule has 0 aliphatic carbocycles. The van der Waals surface area contributed by atoms with Crippen LogP contribution in [0.25, 0.3) is 0 Å². The number of thioether (sulfide) groups is 1. The van der Waals surface area contributed by atoms with Gasteiger partial charge in [-0.25, -0.2) is 4.79 Å². The number of esters is 1. The smallest absolute Gasteiger partial charge is 0.338 e. The van der Waals surface area contributed by atoms with E-state index in [-0.39, 0.29) is 30.1 Å². The van der Waals surface area contributed by atoms with E-state index in [0.29, 0.717) is 12.2 Å². The maximum absolute atomic E-state index is 13.4. The Hall–Kier alpha value is -2.96. The zero-order chi connectivity index (χ0) is 25.8. The van der Waals surface area contributed by atoms with Crippen LogP contribution in [0.1, 0.15) is 58.9 Å². The maximum Gasteiger partial charge on any atom is 0.338 e. The minimum absolute atomic E-state index is 0.0576. The highest BCUT2D eigenvalue weighted by Crippen LogP contribution is 2.38. The number of carbonyl (C=O) groups excluding carboxylic acids is 2. The van der Waals surface area contributed by atoms with Crippen molar-refractivity contribution in [2.75, 3.05) is 6.61 Å². The summed E-state index contributed by atoms with van der Waals surface area (Å²) < 4.78 is 11.3. The van der Waals surface area contributed by atoms with E-state index in [2.05, 4.69) is 4.90 Å². The second-order valence-corrected chi connectivity index (χ2v) is 11.0. The number of hydrogen-bond donors (Lipinski definition) is 0. The molecule has 5 rings (SSSR count). The number of nitrogens with zero attached hydrogens (tertiary/aromatic N) is 1. The minimum atomic E-state index is -0.327. The number of rotatable bonds is 8. The Morgan fingerprint density at radius 1 is 0.892 bits per heavy atom. The first kappa shape index (κ1) is 25.7. The lowest BCUT2D eigenvalue weighted by Crippen LogP contribution is -2.49. The van der Waals surface area contributed by atoms with Gasteiger partial charge < -0.3 is 14.4 Å². The summed E-state index contributed by atoms with van der Waals surface area (Å²) in [6.07, 6.45) is 3.71. The molecule has 2 fully saturated rings. The van der Waals surface area contributed by atoms with Gasteiger partial charge in [-0.15, -0.1) is 11.8 Å². The van der Waals surface area contributed by atoms with E-state index in [1.807, 2.05) is 60.7 Å². The van der Waals surface area contributed by atoms with Crippen molar-refractivity contribution in [3.8, 4) is 5.75 Å². The van der Waals surface area contributed by atoms with Gasteiger partial charge in [-0.1, -0.05) is 23.7 Å². The molecule has 3 aromatic carbocycles. The van der Waals surface area contributed by atoms with Gasteiger partial charge in [-0.3, -0.25) is 4.79 Å². The van der Waals surface area contributed by atoms with E-state index in [1.165, 1.54) is 10.5 Å². The van der Waals surface area contributed by atoms with Gasteiger partial charge in [0.2, 0.25) is 0 Å². The number of hydrogen-bond acceptors (Lipinski definition) is 5. The number of carbonyl (C=O) groups is 2. The van der Waals surface area contributed by atoms with Gasteiger partial charge in [-0.05, 0) is 86.0 Å². The van der Waals surface area contributed by atoms with Crippen LogP contribution in [-0.2, 0) is 10.5 Å². The molecule has 5 nitrogen and oxygen atoms in total. The number of piperidine rings is 1. The number of fused-ring (bicyclic) bond motifs is 2. The van der Waals surface area contributed by atoms with Crippen LogP contribution in [0.5, 0.6) is 5.75 Å². The number of halogens is 1. The third-order valence-corrected chi connectivity index (χ3v) is 8.35. The van der Waals surface area contributed by atoms with Crippen LogP contribution in [0.15, 0.2) is 77.7 Å². The van der Waals surface area contributed by atoms with Crippen molar-refractivity contribution in [2.24, 2.45) is 0 Å². The molecule has 0 radical (unpaired) electrons. The average Bonchev–Trinajstić information content (AvgIpc) is 3.18. The fourth-order valence-corrected chi connectivity index (χ4v) is 6.20. The molecule has 2 aliphatic heterocycles. The fourth-order valence-electron chi connectivity index (χ4n) is 5.22. The SMILES string of the molecule is CCOC(=O)c1ccc(OC2C[C@H]3CC[C@@H](C2)N3C(=O)c2ccc(CSc3ccc(Cl)cc3)cc2)cc1. The Kier molecular flexibility index (Phi) is 8.06. The van der Waals surface area contributed by atoms with Crippen LogP contribution >= 0.6 is 23.4 Å². The lowest BCUT2D eigenvalue weighted by molar-refractivity contribution is 0.0359. The first-order chi connectivity index (χ1) is 18.0. The Morgan fingerprint density at radius 2 is 1.51 bits per heavy atom. The van der Waals surface area contributed by atoms with Gasteiger partial charge in [0.25, 0.3) is 5.91 Å². The van der Waals surface area contributed by atoms with Gasteiger partial charge >= 0.3 is 5.97 Å². The molecule has 2 heterocycles. The molecule has 3 atom stereocenters. The number of ether oxygens (including phenoxy) is 2. The molecule has 0 aromatic heterocycles. The van der Waals surface area contributed by atoms with Gasteiger partial charge in [0.1, 0.15) is 11.9 Å². The molecule has 192 valence electrons. The van der Waals surface area contributed by atoms with E-state index in [0.717, 1.165) is 47.8 Å². The molecule has 2 saturated heterocycles. The Balaban J connectivity index is 1.16. The van der Waals surface area contributed by atoms with Gasteiger partial charge in [0.05, 0.1) is 12.2 Å². The molecule has 0 saturated carbocycles. The lowest BCUT2D eigenvalue weighted by atomic mass is 9.98. The van der Waals surface area contributed by atoms with Crippen molar-refractivity contribution in [3.05, 3.63) is 94.5 Å². The molecule has 7 heteroatoms. The van der Waals surface area contributed by atoms with Crippen molar-refractivity contribution in [2.45, 2.75) is 61.4 Å². The van der Waals surface area contributed by atoms with Crippen LogP contribution < -0.4 is 4.74 Å². The molecule has 2 aliphatic rings. The first-order valence-corrected chi connectivity index (χ1v) is 14.1. The molecular weight excluding hydrogens is 506 g/mol. The Labute approximate surface area is 227 Å². The molecule has 2 bridgehead atoms. The maximum atomic E-state index is 13.4. The fraction of sp³-hybridized carbons (Fsp3) is 0.333. The normalized spacial score (nSPS) is 20.5. The van der Waals surface area contributed by atoms with E-state index in [9.17, 15) is 9.59 Å². The zero-order valence-corrected chi connectivity index (χ0v) is 22.3. The van der Waals surface area contributed by atoms with Gasteiger partial charge in [-0.2, -0.15) is 0 Å². The minimum Gasteiger partial charge on any atom is -0.490 e. The van der Waals surface area contributed by atoms with Crippen LogP contribution in [0.3, 0.4) is 0 Å². The first-order valence-electron chi connectivity index (χ1n) is 12.7.